The molecule has 2 rings (SSSR count). The van der Waals surface area contributed by atoms with E-state index in [9.17, 15) is 9.59 Å². The second kappa shape index (κ2) is 8.77. The van der Waals surface area contributed by atoms with Crippen molar-refractivity contribution >= 4 is 12.1 Å². The molecule has 1 atom stereocenters. The summed E-state index contributed by atoms with van der Waals surface area (Å²) in [6, 6.07) is 0.476. The Labute approximate surface area is 152 Å². The average Bonchev–Trinajstić information content (AvgIpc) is 2.58. The van der Waals surface area contributed by atoms with Crippen molar-refractivity contribution in [2.45, 2.75) is 77.9 Å². The van der Waals surface area contributed by atoms with E-state index in [0.717, 1.165) is 38.6 Å². The van der Waals surface area contributed by atoms with Crippen molar-refractivity contribution in [3.05, 3.63) is 0 Å². The number of rotatable bonds is 3. The summed E-state index contributed by atoms with van der Waals surface area (Å²) in [6.45, 7) is 10.8. The molecular formula is C19H35N3O3. The quantitative estimate of drug-likeness (QED) is 0.843. The highest BCUT2D eigenvalue weighted by atomic mass is 16.6. The van der Waals surface area contributed by atoms with Crippen molar-refractivity contribution in [3.63, 3.8) is 0 Å². The van der Waals surface area contributed by atoms with E-state index in [1.807, 2.05) is 25.7 Å². The number of amides is 3. The third-order valence-electron chi connectivity index (χ3n) is 5.17. The van der Waals surface area contributed by atoms with Gasteiger partial charge in [-0.3, -0.25) is 0 Å². The average molecular weight is 354 g/mol. The number of hydrogen-bond donors (Lipinski definition) is 1. The minimum absolute atomic E-state index is 0.0844. The summed E-state index contributed by atoms with van der Waals surface area (Å²) in [6.07, 6.45) is 6.09. The number of likely N-dealkylation sites (tertiary alicyclic amines) is 2. The van der Waals surface area contributed by atoms with E-state index in [1.165, 1.54) is 6.42 Å². The zero-order valence-electron chi connectivity index (χ0n) is 16.3. The van der Waals surface area contributed by atoms with Gasteiger partial charge in [-0.05, 0) is 65.2 Å². The molecule has 0 saturated carbocycles. The van der Waals surface area contributed by atoms with Crippen molar-refractivity contribution in [1.29, 1.82) is 0 Å². The molecule has 0 aromatic heterocycles. The summed E-state index contributed by atoms with van der Waals surface area (Å²) in [5.74, 6) is 0.438. The van der Waals surface area contributed by atoms with Crippen LogP contribution in [0, 0.1) is 5.92 Å². The van der Waals surface area contributed by atoms with Crippen LogP contribution < -0.4 is 5.32 Å². The molecule has 2 saturated heterocycles. The van der Waals surface area contributed by atoms with E-state index < -0.39 is 5.60 Å². The maximum atomic E-state index is 12.5. The first kappa shape index (κ1) is 19.9. The first-order valence-corrected chi connectivity index (χ1v) is 9.82. The summed E-state index contributed by atoms with van der Waals surface area (Å²) in [5, 5.41) is 3.12. The first-order chi connectivity index (χ1) is 11.8. The topological polar surface area (TPSA) is 61.9 Å². The fraction of sp³-hybridized carbons (Fsp3) is 0.895. The van der Waals surface area contributed by atoms with Crippen LogP contribution in [-0.2, 0) is 4.74 Å². The van der Waals surface area contributed by atoms with Gasteiger partial charge in [-0.1, -0.05) is 6.92 Å². The van der Waals surface area contributed by atoms with Crippen molar-refractivity contribution in [2.75, 3.05) is 26.2 Å². The number of nitrogens with zero attached hydrogens (tertiary/aromatic N) is 2. The van der Waals surface area contributed by atoms with Crippen LogP contribution in [0.15, 0.2) is 0 Å². The summed E-state index contributed by atoms with van der Waals surface area (Å²) in [7, 11) is 0. The maximum Gasteiger partial charge on any atom is 0.410 e. The molecule has 6 nitrogen and oxygen atoms in total. The molecule has 0 bridgehead atoms. The van der Waals surface area contributed by atoms with Gasteiger partial charge in [0.25, 0.3) is 0 Å². The Hall–Kier alpha value is -1.46. The predicted octanol–water partition coefficient (Wildman–Crippen LogP) is 3.61. The van der Waals surface area contributed by atoms with Crippen LogP contribution >= 0.6 is 0 Å². The maximum absolute atomic E-state index is 12.5. The van der Waals surface area contributed by atoms with Gasteiger partial charge in [-0.15, -0.1) is 0 Å². The van der Waals surface area contributed by atoms with Gasteiger partial charge in [0.2, 0.25) is 0 Å². The molecule has 0 spiro atoms. The minimum Gasteiger partial charge on any atom is -0.444 e. The molecule has 2 fully saturated rings. The Bertz CT molecular complexity index is 453. The molecule has 3 amide bonds. The number of piperidine rings is 2. The van der Waals surface area contributed by atoms with Crippen molar-refractivity contribution < 1.29 is 14.3 Å². The van der Waals surface area contributed by atoms with E-state index in [4.69, 9.17) is 4.74 Å². The van der Waals surface area contributed by atoms with Gasteiger partial charge in [0.05, 0.1) is 0 Å². The van der Waals surface area contributed by atoms with Gasteiger partial charge in [0.15, 0.2) is 0 Å². The second-order valence-electron chi connectivity index (χ2n) is 8.35. The normalized spacial score (nSPS) is 22.6. The zero-order chi connectivity index (χ0) is 18.4. The molecule has 0 aliphatic carbocycles. The van der Waals surface area contributed by atoms with E-state index in [0.29, 0.717) is 31.6 Å². The number of ether oxygens (including phenoxy) is 1. The SMILES string of the molecule is CCC1CCCCN1C(=O)NCC1CCN(C(=O)OC(C)(C)C)CC1. The second-order valence-corrected chi connectivity index (χ2v) is 8.35. The Morgan fingerprint density at radius 2 is 1.76 bits per heavy atom. The molecule has 2 heterocycles. The molecule has 1 N–H and O–H groups in total. The predicted molar refractivity (Wildman–Crippen MR) is 98.6 cm³/mol. The lowest BCUT2D eigenvalue weighted by atomic mass is 9.97. The lowest BCUT2D eigenvalue weighted by Gasteiger charge is -2.36. The summed E-state index contributed by atoms with van der Waals surface area (Å²) >= 11 is 0. The molecule has 2 aliphatic heterocycles. The van der Waals surface area contributed by atoms with Crippen LogP contribution in [0.5, 0.6) is 0 Å². The van der Waals surface area contributed by atoms with Gasteiger partial charge in [0.1, 0.15) is 5.60 Å². The molecule has 2 aliphatic rings. The van der Waals surface area contributed by atoms with Crippen molar-refractivity contribution in [1.82, 2.24) is 15.1 Å². The largest absolute Gasteiger partial charge is 0.444 e. The summed E-state index contributed by atoms with van der Waals surface area (Å²) < 4.78 is 5.42. The first-order valence-electron chi connectivity index (χ1n) is 9.82. The fourth-order valence-electron chi connectivity index (χ4n) is 3.67. The molecule has 0 radical (unpaired) electrons. The lowest BCUT2D eigenvalue weighted by Crippen LogP contribution is -2.50. The van der Waals surface area contributed by atoms with Gasteiger partial charge >= 0.3 is 12.1 Å². The van der Waals surface area contributed by atoms with Gasteiger partial charge in [-0.25, -0.2) is 9.59 Å². The highest BCUT2D eigenvalue weighted by molar-refractivity contribution is 5.74. The summed E-state index contributed by atoms with van der Waals surface area (Å²) in [4.78, 5) is 28.4. The van der Waals surface area contributed by atoms with E-state index in [1.54, 1.807) is 4.90 Å². The number of hydrogen-bond acceptors (Lipinski definition) is 3. The molecule has 1 unspecified atom stereocenters. The van der Waals surface area contributed by atoms with Crippen LogP contribution in [0.3, 0.4) is 0 Å². The summed E-state index contributed by atoms with van der Waals surface area (Å²) in [5.41, 5.74) is -0.452. The van der Waals surface area contributed by atoms with Crippen LogP contribution in [-0.4, -0.2) is 59.7 Å². The van der Waals surface area contributed by atoms with E-state index in [2.05, 4.69) is 12.2 Å². The third-order valence-corrected chi connectivity index (χ3v) is 5.17. The third kappa shape index (κ3) is 6.08. The van der Waals surface area contributed by atoms with Crippen LogP contribution in [0.1, 0.15) is 66.2 Å². The monoisotopic (exact) mass is 353 g/mol. The minimum atomic E-state index is -0.452. The van der Waals surface area contributed by atoms with Crippen LogP contribution in [0.2, 0.25) is 0 Å². The molecular weight excluding hydrogens is 318 g/mol. The standard InChI is InChI=1S/C19H35N3O3/c1-5-16-8-6-7-11-22(16)17(23)20-14-15-9-12-21(13-10-15)18(24)25-19(2,3)4/h15-16H,5-14H2,1-4H3,(H,20,23). The lowest BCUT2D eigenvalue weighted by molar-refractivity contribution is 0.0184. The molecule has 25 heavy (non-hydrogen) atoms. The van der Waals surface area contributed by atoms with E-state index in [-0.39, 0.29) is 12.1 Å². The molecule has 0 aromatic rings. The Morgan fingerprint density at radius 1 is 1.08 bits per heavy atom. The highest BCUT2D eigenvalue weighted by Crippen LogP contribution is 2.21. The zero-order valence-corrected chi connectivity index (χ0v) is 16.3. The molecule has 0 aromatic carbocycles. The van der Waals surface area contributed by atoms with E-state index >= 15 is 0 Å². The van der Waals surface area contributed by atoms with Gasteiger partial charge < -0.3 is 19.9 Å². The number of urea groups is 1. The fourth-order valence-corrected chi connectivity index (χ4v) is 3.67. The number of carbonyl (C=O) groups is 2. The number of carbonyl (C=O) groups excluding carboxylic acids is 2. The van der Waals surface area contributed by atoms with Gasteiger partial charge in [-0.2, -0.15) is 0 Å². The molecule has 144 valence electrons. The Balaban J connectivity index is 1.71. The number of nitrogens with one attached hydrogen (secondary N) is 1. The molecule has 6 heteroatoms. The Kier molecular flexibility index (Phi) is 6.96. The van der Waals surface area contributed by atoms with Crippen molar-refractivity contribution in [2.24, 2.45) is 5.92 Å². The van der Waals surface area contributed by atoms with Crippen LogP contribution in [0.4, 0.5) is 9.59 Å². The van der Waals surface area contributed by atoms with Crippen molar-refractivity contribution in [3.8, 4) is 0 Å². The highest BCUT2D eigenvalue weighted by Gasteiger charge is 2.28. The smallest absolute Gasteiger partial charge is 0.410 e. The Morgan fingerprint density at radius 3 is 2.36 bits per heavy atom. The van der Waals surface area contributed by atoms with Gasteiger partial charge in [0, 0.05) is 32.2 Å². The van der Waals surface area contributed by atoms with Crippen LogP contribution in [0.25, 0.3) is 0 Å².